The highest BCUT2D eigenvalue weighted by molar-refractivity contribution is 5.91. The quantitative estimate of drug-likeness (QED) is 0.717. The molecule has 1 N–H and O–H groups in total. The Labute approximate surface area is 173 Å². The Balaban J connectivity index is 1.33. The van der Waals surface area contributed by atoms with Crippen LogP contribution in [0, 0.1) is 6.92 Å². The second-order valence-electron chi connectivity index (χ2n) is 7.98. The first-order valence-corrected chi connectivity index (χ1v) is 10.3. The first-order chi connectivity index (χ1) is 14.5. The molecule has 1 aromatic heterocycles. The van der Waals surface area contributed by atoms with Crippen LogP contribution in [0.3, 0.4) is 0 Å². The largest absolute Gasteiger partial charge is 0.448 e. The van der Waals surface area contributed by atoms with Gasteiger partial charge in [0.25, 0.3) is 11.3 Å². The van der Waals surface area contributed by atoms with Crippen molar-refractivity contribution in [3.05, 3.63) is 58.5 Å². The van der Waals surface area contributed by atoms with Crippen molar-refractivity contribution in [1.29, 1.82) is 0 Å². The minimum atomic E-state index is -0.553. The van der Waals surface area contributed by atoms with Gasteiger partial charge < -0.3 is 14.8 Å². The lowest BCUT2D eigenvalue weighted by molar-refractivity contribution is -0.117. The minimum absolute atomic E-state index is 0.164. The monoisotopic (exact) mass is 405 g/mol. The third-order valence-electron chi connectivity index (χ3n) is 5.78. The number of nitrogens with one attached hydrogen (secondary N) is 1. The van der Waals surface area contributed by atoms with Crippen molar-refractivity contribution in [2.45, 2.75) is 51.4 Å². The Hall–Kier alpha value is -3.35. The van der Waals surface area contributed by atoms with Gasteiger partial charge in [-0.05, 0) is 38.0 Å². The summed E-state index contributed by atoms with van der Waals surface area (Å²) in [5, 5.41) is 8.48. The van der Waals surface area contributed by atoms with Crippen LogP contribution in [-0.2, 0) is 11.3 Å². The number of nitrogens with zero attached hydrogens (tertiary/aromatic N) is 2. The van der Waals surface area contributed by atoms with E-state index in [0.717, 1.165) is 31.1 Å². The summed E-state index contributed by atoms with van der Waals surface area (Å²) in [5.74, 6) is 0.471. The predicted molar refractivity (Wildman–Crippen MR) is 113 cm³/mol. The van der Waals surface area contributed by atoms with Crippen molar-refractivity contribution in [3.8, 4) is 11.5 Å². The summed E-state index contributed by atoms with van der Waals surface area (Å²) in [6, 6.07) is 12.7. The van der Waals surface area contributed by atoms with Gasteiger partial charge in [-0.15, -0.1) is 0 Å². The van der Waals surface area contributed by atoms with E-state index in [-0.39, 0.29) is 18.0 Å². The maximum atomic E-state index is 12.7. The number of fused-ring (bicyclic) bond motifs is 2. The van der Waals surface area contributed by atoms with E-state index >= 15 is 0 Å². The molecule has 0 unspecified atom stereocenters. The highest BCUT2D eigenvalue weighted by atomic mass is 16.7. The number of rotatable bonds is 3. The molecule has 1 aliphatic carbocycles. The smallest absolute Gasteiger partial charge is 0.275 e. The van der Waals surface area contributed by atoms with E-state index in [1.54, 1.807) is 24.3 Å². The Morgan fingerprint density at radius 3 is 2.60 bits per heavy atom. The van der Waals surface area contributed by atoms with Crippen LogP contribution in [0.25, 0.3) is 10.8 Å². The lowest BCUT2D eigenvalue weighted by Gasteiger charge is -2.31. The molecule has 2 heterocycles. The van der Waals surface area contributed by atoms with Crippen molar-refractivity contribution in [2.75, 3.05) is 5.32 Å². The van der Waals surface area contributed by atoms with Gasteiger partial charge in [-0.3, -0.25) is 9.59 Å². The maximum Gasteiger partial charge on any atom is 0.275 e. The number of hydrogen-bond acceptors (Lipinski definition) is 5. The van der Waals surface area contributed by atoms with Gasteiger partial charge in [-0.25, -0.2) is 4.68 Å². The number of amides is 1. The minimum Gasteiger partial charge on any atom is -0.448 e. The number of carbonyl (C=O) groups excluding carboxylic acids is 1. The molecule has 154 valence electrons. The van der Waals surface area contributed by atoms with Crippen molar-refractivity contribution in [2.24, 2.45) is 0 Å². The van der Waals surface area contributed by atoms with Crippen LogP contribution in [0.1, 0.15) is 37.8 Å². The number of anilines is 1. The number of ether oxygens (including phenoxy) is 2. The molecule has 0 bridgehead atoms. The predicted octanol–water partition coefficient (Wildman–Crippen LogP) is 3.78. The summed E-state index contributed by atoms with van der Waals surface area (Å²) >= 11 is 0. The molecule has 0 saturated heterocycles. The van der Waals surface area contributed by atoms with E-state index in [2.05, 4.69) is 10.4 Å². The number of hydrogen-bond donors (Lipinski definition) is 1. The summed E-state index contributed by atoms with van der Waals surface area (Å²) in [7, 11) is 0. The first-order valence-electron chi connectivity index (χ1n) is 10.3. The Morgan fingerprint density at radius 1 is 1.07 bits per heavy atom. The van der Waals surface area contributed by atoms with Crippen molar-refractivity contribution in [1.82, 2.24) is 9.78 Å². The summed E-state index contributed by atoms with van der Waals surface area (Å²) in [6.45, 7) is 1.66. The van der Waals surface area contributed by atoms with Gasteiger partial charge in [0.2, 0.25) is 5.91 Å². The fraction of sp³-hybridized carbons (Fsp3) is 0.348. The Bertz CT molecular complexity index is 1190. The molecule has 0 radical (unpaired) electrons. The summed E-state index contributed by atoms with van der Waals surface area (Å²) in [4.78, 5) is 25.3. The molecular formula is C23H23N3O4. The lowest BCUT2D eigenvalue weighted by atomic mass is 9.94. The molecule has 0 atom stereocenters. The van der Waals surface area contributed by atoms with Crippen molar-refractivity contribution < 1.29 is 14.3 Å². The Kier molecular flexibility index (Phi) is 4.46. The number of carbonyl (C=O) groups is 1. The van der Waals surface area contributed by atoms with Crippen LogP contribution >= 0.6 is 0 Å². The van der Waals surface area contributed by atoms with Gasteiger partial charge in [0.1, 0.15) is 6.54 Å². The Morgan fingerprint density at radius 2 is 1.80 bits per heavy atom. The highest BCUT2D eigenvalue weighted by Gasteiger charge is 2.42. The summed E-state index contributed by atoms with van der Waals surface area (Å²) in [6.07, 6.45) is 5.13. The van der Waals surface area contributed by atoms with Gasteiger partial charge in [-0.1, -0.05) is 24.6 Å². The van der Waals surface area contributed by atoms with E-state index < -0.39 is 5.79 Å². The molecular weight excluding hydrogens is 382 g/mol. The zero-order chi connectivity index (χ0) is 20.7. The van der Waals surface area contributed by atoms with Crippen LogP contribution in [-0.4, -0.2) is 21.5 Å². The third-order valence-corrected chi connectivity index (χ3v) is 5.78. The van der Waals surface area contributed by atoms with Gasteiger partial charge in [0, 0.05) is 30.0 Å². The molecule has 1 fully saturated rings. The van der Waals surface area contributed by atoms with Gasteiger partial charge in [-0.2, -0.15) is 5.10 Å². The fourth-order valence-corrected chi connectivity index (χ4v) is 4.31. The first kappa shape index (κ1) is 18.7. The molecule has 2 aromatic carbocycles. The number of aryl methyl sites for hydroxylation is 1. The molecule has 30 heavy (non-hydrogen) atoms. The molecule has 5 rings (SSSR count). The molecule has 1 saturated carbocycles. The lowest BCUT2D eigenvalue weighted by Crippen LogP contribution is -2.40. The van der Waals surface area contributed by atoms with E-state index in [9.17, 15) is 9.59 Å². The molecule has 1 aliphatic heterocycles. The third kappa shape index (κ3) is 3.30. The molecule has 2 aliphatic rings. The number of benzene rings is 2. The van der Waals surface area contributed by atoms with Crippen molar-refractivity contribution in [3.63, 3.8) is 0 Å². The van der Waals surface area contributed by atoms with E-state index in [1.807, 2.05) is 25.1 Å². The average Bonchev–Trinajstić information content (AvgIpc) is 3.08. The van der Waals surface area contributed by atoms with Crippen LogP contribution in [0.15, 0.2) is 47.3 Å². The zero-order valence-electron chi connectivity index (χ0n) is 16.8. The van der Waals surface area contributed by atoms with Crippen LogP contribution < -0.4 is 20.3 Å². The summed E-state index contributed by atoms with van der Waals surface area (Å²) < 4.78 is 13.4. The van der Waals surface area contributed by atoms with Crippen LogP contribution in [0.2, 0.25) is 0 Å². The SMILES string of the molecule is Cc1nn(CC(=O)Nc2ccc3c(c2)OC2(CCCCC2)O3)c(=O)c2ccccc12. The molecule has 7 nitrogen and oxygen atoms in total. The summed E-state index contributed by atoms with van der Waals surface area (Å²) in [5.41, 5.74) is 1.02. The standard InChI is InChI=1S/C23H23N3O4/c1-15-17-7-3-4-8-18(17)22(28)26(25-15)14-21(27)24-16-9-10-19-20(13-16)30-23(29-19)11-5-2-6-12-23/h3-4,7-10,13H,2,5-6,11-12,14H2,1H3,(H,24,27). The van der Waals surface area contributed by atoms with Gasteiger partial charge in [0.15, 0.2) is 11.5 Å². The molecule has 3 aromatic rings. The number of aromatic nitrogens is 2. The van der Waals surface area contributed by atoms with Crippen LogP contribution in [0.4, 0.5) is 5.69 Å². The average molecular weight is 405 g/mol. The molecule has 1 spiro atoms. The fourth-order valence-electron chi connectivity index (χ4n) is 4.31. The normalized spacial score (nSPS) is 16.7. The van der Waals surface area contributed by atoms with Crippen molar-refractivity contribution >= 4 is 22.4 Å². The van der Waals surface area contributed by atoms with E-state index in [1.165, 1.54) is 11.1 Å². The molecule has 7 heteroatoms. The van der Waals surface area contributed by atoms with Crippen LogP contribution in [0.5, 0.6) is 11.5 Å². The second-order valence-corrected chi connectivity index (χ2v) is 7.98. The zero-order valence-corrected chi connectivity index (χ0v) is 16.8. The van der Waals surface area contributed by atoms with Gasteiger partial charge in [0.05, 0.1) is 11.1 Å². The highest BCUT2D eigenvalue weighted by Crippen LogP contribution is 2.46. The molecule has 1 amide bonds. The van der Waals surface area contributed by atoms with E-state index in [4.69, 9.17) is 9.47 Å². The van der Waals surface area contributed by atoms with E-state index in [0.29, 0.717) is 28.3 Å². The van der Waals surface area contributed by atoms with Gasteiger partial charge >= 0.3 is 0 Å². The second kappa shape index (κ2) is 7.16. The topological polar surface area (TPSA) is 82.5 Å². The maximum absolute atomic E-state index is 12.7.